The molecule has 0 aliphatic rings. The molecule has 0 saturated heterocycles. The Balaban J connectivity index is 3.94. The van der Waals surface area contributed by atoms with Gasteiger partial charge in [0, 0.05) is 12.3 Å². The Morgan fingerprint density at radius 1 is 1.46 bits per heavy atom. The average molecular weight is 184 g/mol. The van der Waals surface area contributed by atoms with E-state index in [1.165, 1.54) is 0 Å². The van der Waals surface area contributed by atoms with Crippen LogP contribution >= 0.6 is 0 Å². The van der Waals surface area contributed by atoms with Gasteiger partial charge in [-0.25, -0.2) is 0 Å². The number of allylic oxidation sites excluding steroid dienone is 1. The van der Waals surface area contributed by atoms with E-state index in [1.807, 2.05) is 13.0 Å². The van der Waals surface area contributed by atoms with E-state index in [0.717, 1.165) is 12.8 Å². The van der Waals surface area contributed by atoms with Crippen molar-refractivity contribution < 1.29 is 9.90 Å². The van der Waals surface area contributed by atoms with E-state index in [2.05, 4.69) is 6.92 Å². The van der Waals surface area contributed by atoms with Crippen LogP contribution in [-0.4, -0.2) is 17.0 Å². The molecule has 0 aromatic rings. The predicted octanol–water partition coefficient (Wildman–Crippen LogP) is 2.32. The number of aliphatic hydroxyl groups excluding tert-OH is 1. The minimum atomic E-state index is -0.612. The third kappa shape index (κ3) is 4.83. The monoisotopic (exact) mass is 184 g/mol. The van der Waals surface area contributed by atoms with E-state index in [-0.39, 0.29) is 11.7 Å². The normalized spacial score (nSPS) is 16.0. The molecule has 2 unspecified atom stereocenters. The Morgan fingerprint density at radius 2 is 2.08 bits per heavy atom. The van der Waals surface area contributed by atoms with Gasteiger partial charge in [-0.2, -0.15) is 0 Å². The second-order valence-corrected chi connectivity index (χ2v) is 3.32. The van der Waals surface area contributed by atoms with Crippen molar-refractivity contribution in [1.29, 1.82) is 0 Å². The molecule has 0 aliphatic carbocycles. The zero-order chi connectivity index (χ0) is 10.3. The van der Waals surface area contributed by atoms with E-state index < -0.39 is 6.10 Å². The van der Waals surface area contributed by atoms with E-state index in [9.17, 15) is 9.90 Å². The van der Waals surface area contributed by atoms with Crippen LogP contribution in [-0.2, 0) is 4.79 Å². The maximum absolute atomic E-state index is 11.2. The van der Waals surface area contributed by atoms with Gasteiger partial charge in [-0.3, -0.25) is 4.79 Å². The lowest BCUT2D eigenvalue weighted by atomic mass is 9.97. The molecule has 2 atom stereocenters. The summed E-state index contributed by atoms with van der Waals surface area (Å²) in [5, 5.41) is 9.54. The lowest BCUT2D eigenvalue weighted by molar-refractivity contribution is -0.124. The van der Waals surface area contributed by atoms with Crippen LogP contribution in [0.25, 0.3) is 0 Å². The summed E-state index contributed by atoms with van der Waals surface area (Å²) in [6.07, 6.45) is 5.58. The van der Waals surface area contributed by atoms with Crippen LogP contribution in [0.15, 0.2) is 12.2 Å². The molecule has 0 spiro atoms. The smallest absolute Gasteiger partial charge is 0.138 e. The molecule has 0 aromatic heterocycles. The van der Waals surface area contributed by atoms with Crippen LogP contribution in [0.3, 0.4) is 0 Å². The van der Waals surface area contributed by atoms with Crippen molar-refractivity contribution in [2.75, 3.05) is 0 Å². The Labute approximate surface area is 80.7 Å². The molecule has 76 valence electrons. The molecule has 0 aromatic carbocycles. The minimum absolute atomic E-state index is 0.119. The van der Waals surface area contributed by atoms with Gasteiger partial charge >= 0.3 is 0 Å². The number of carbonyl (C=O) groups is 1. The number of aliphatic hydroxyl groups is 1. The molecule has 0 bridgehead atoms. The molecule has 0 aliphatic heterocycles. The molecule has 0 heterocycles. The molecule has 0 rings (SSSR count). The van der Waals surface area contributed by atoms with Crippen LogP contribution < -0.4 is 0 Å². The van der Waals surface area contributed by atoms with Gasteiger partial charge in [0.15, 0.2) is 0 Å². The summed E-state index contributed by atoms with van der Waals surface area (Å²) in [7, 11) is 0. The quantitative estimate of drug-likeness (QED) is 0.643. The SMILES string of the molecule is CCC/C=C/C(O)C(C)C(=O)CC. The fourth-order valence-corrected chi connectivity index (χ4v) is 1.08. The van der Waals surface area contributed by atoms with E-state index >= 15 is 0 Å². The van der Waals surface area contributed by atoms with Crippen molar-refractivity contribution in [1.82, 2.24) is 0 Å². The zero-order valence-corrected chi connectivity index (χ0v) is 8.79. The highest BCUT2D eigenvalue weighted by molar-refractivity contribution is 5.81. The number of rotatable bonds is 6. The Morgan fingerprint density at radius 3 is 2.54 bits per heavy atom. The Hall–Kier alpha value is -0.630. The first kappa shape index (κ1) is 12.4. The first-order valence-corrected chi connectivity index (χ1v) is 5.00. The fraction of sp³-hybridized carbons (Fsp3) is 0.727. The summed E-state index contributed by atoms with van der Waals surface area (Å²) < 4.78 is 0. The van der Waals surface area contributed by atoms with Gasteiger partial charge < -0.3 is 5.11 Å². The van der Waals surface area contributed by atoms with Crippen molar-refractivity contribution in [3.8, 4) is 0 Å². The van der Waals surface area contributed by atoms with Gasteiger partial charge in [-0.15, -0.1) is 0 Å². The molecule has 13 heavy (non-hydrogen) atoms. The van der Waals surface area contributed by atoms with Crippen molar-refractivity contribution in [2.45, 2.75) is 46.1 Å². The first-order valence-electron chi connectivity index (χ1n) is 5.00. The second kappa shape index (κ2) is 6.84. The summed E-state index contributed by atoms with van der Waals surface area (Å²) in [5.41, 5.74) is 0. The van der Waals surface area contributed by atoms with Crippen LogP contribution in [0.4, 0.5) is 0 Å². The van der Waals surface area contributed by atoms with Gasteiger partial charge in [-0.1, -0.05) is 39.3 Å². The van der Waals surface area contributed by atoms with E-state index in [0.29, 0.717) is 6.42 Å². The Bertz CT molecular complexity index is 173. The molecular weight excluding hydrogens is 164 g/mol. The largest absolute Gasteiger partial charge is 0.388 e. The number of Topliss-reactive ketones (excluding diaryl/α,β-unsaturated/α-hetero) is 1. The summed E-state index contributed by atoms with van der Waals surface area (Å²) in [6.45, 7) is 5.67. The highest BCUT2D eigenvalue weighted by Crippen LogP contribution is 2.08. The van der Waals surface area contributed by atoms with Crippen LogP contribution in [0, 0.1) is 5.92 Å². The van der Waals surface area contributed by atoms with Crippen LogP contribution in [0.1, 0.15) is 40.0 Å². The molecular formula is C11H20O2. The highest BCUT2D eigenvalue weighted by Gasteiger charge is 2.17. The predicted molar refractivity (Wildman–Crippen MR) is 54.5 cm³/mol. The zero-order valence-electron chi connectivity index (χ0n) is 8.79. The fourth-order valence-electron chi connectivity index (χ4n) is 1.08. The Kier molecular flexibility index (Phi) is 6.51. The van der Waals surface area contributed by atoms with E-state index in [4.69, 9.17) is 0 Å². The van der Waals surface area contributed by atoms with Crippen molar-refractivity contribution >= 4 is 5.78 Å². The van der Waals surface area contributed by atoms with Crippen LogP contribution in [0.2, 0.25) is 0 Å². The number of carbonyl (C=O) groups excluding carboxylic acids is 1. The number of hydrogen-bond acceptors (Lipinski definition) is 2. The number of hydrogen-bond donors (Lipinski definition) is 1. The van der Waals surface area contributed by atoms with Crippen molar-refractivity contribution in [2.24, 2.45) is 5.92 Å². The maximum atomic E-state index is 11.2. The lowest BCUT2D eigenvalue weighted by Gasteiger charge is -2.12. The average Bonchev–Trinajstić information content (AvgIpc) is 2.15. The summed E-state index contributed by atoms with van der Waals surface area (Å²) in [4.78, 5) is 11.2. The summed E-state index contributed by atoms with van der Waals surface area (Å²) in [6, 6.07) is 0. The molecule has 1 N–H and O–H groups in total. The molecule has 2 nitrogen and oxygen atoms in total. The number of unbranched alkanes of at least 4 members (excludes halogenated alkanes) is 1. The van der Waals surface area contributed by atoms with Gasteiger partial charge in [-0.05, 0) is 6.42 Å². The molecule has 0 amide bonds. The topological polar surface area (TPSA) is 37.3 Å². The number of ketones is 1. The maximum Gasteiger partial charge on any atom is 0.138 e. The standard InChI is InChI=1S/C11H20O2/c1-4-6-7-8-11(13)9(3)10(12)5-2/h7-9,11,13H,4-6H2,1-3H3/b8-7+. The summed E-state index contributed by atoms with van der Waals surface area (Å²) in [5.74, 6) is -0.147. The molecule has 0 fully saturated rings. The van der Waals surface area contributed by atoms with Gasteiger partial charge in [0.25, 0.3) is 0 Å². The molecule has 2 heteroatoms. The van der Waals surface area contributed by atoms with Crippen molar-refractivity contribution in [3.63, 3.8) is 0 Å². The minimum Gasteiger partial charge on any atom is -0.388 e. The van der Waals surface area contributed by atoms with Gasteiger partial charge in [0.2, 0.25) is 0 Å². The molecule has 0 radical (unpaired) electrons. The lowest BCUT2D eigenvalue weighted by Crippen LogP contribution is -2.23. The van der Waals surface area contributed by atoms with Crippen molar-refractivity contribution in [3.05, 3.63) is 12.2 Å². The van der Waals surface area contributed by atoms with Crippen LogP contribution in [0.5, 0.6) is 0 Å². The third-order valence-corrected chi connectivity index (χ3v) is 2.16. The van der Waals surface area contributed by atoms with Gasteiger partial charge in [0.1, 0.15) is 5.78 Å². The van der Waals surface area contributed by atoms with E-state index in [1.54, 1.807) is 13.0 Å². The molecule has 0 saturated carbocycles. The second-order valence-electron chi connectivity index (χ2n) is 3.32. The van der Waals surface area contributed by atoms with Gasteiger partial charge in [0.05, 0.1) is 6.10 Å². The third-order valence-electron chi connectivity index (χ3n) is 2.16. The highest BCUT2D eigenvalue weighted by atomic mass is 16.3. The first-order chi connectivity index (χ1) is 6.13. The summed E-state index contributed by atoms with van der Waals surface area (Å²) >= 11 is 0.